The smallest absolute Gasteiger partial charge is 0.408 e. The van der Waals surface area contributed by atoms with Crippen molar-refractivity contribution in [2.45, 2.75) is 153 Å². The Morgan fingerprint density at radius 2 is 1.77 bits per heavy atom. The molecule has 15 nitrogen and oxygen atoms in total. The molecule has 3 heterocycles. The maximum atomic E-state index is 16.4. The number of methoxy groups -OCH3 is 1. The van der Waals surface area contributed by atoms with Crippen molar-refractivity contribution in [1.82, 2.24) is 30.2 Å². The minimum absolute atomic E-state index is 0.0711. The monoisotopic (exact) mass is 884 g/mol. The van der Waals surface area contributed by atoms with Gasteiger partial charge in [-0.1, -0.05) is 40.5 Å². The van der Waals surface area contributed by atoms with E-state index in [9.17, 15) is 36.4 Å². The molecule has 0 radical (unpaired) electrons. The van der Waals surface area contributed by atoms with E-state index in [-0.39, 0.29) is 36.7 Å². The molecular weight excluding hydrogens is 829 g/mol. The molecule has 338 valence electrons. The van der Waals surface area contributed by atoms with Crippen LogP contribution >= 0.6 is 0 Å². The van der Waals surface area contributed by atoms with Crippen LogP contribution < -0.4 is 24.8 Å². The second kappa shape index (κ2) is 17.0. The summed E-state index contributed by atoms with van der Waals surface area (Å²) >= 11 is 0. The summed E-state index contributed by atoms with van der Waals surface area (Å²) in [6.45, 7) is 9.37. The summed E-state index contributed by atoms with van der Waals surface area (Å²) in [5.74, 6) is -9.80. The molecule has 1 aromatic heterocycles. The molecule has 2 bridgehead atoms. The Kier molecular flexibility index (Phi) is 12.8. The predicted molar refractivity (Wildman–Crippen MR) is 213 cm³/mol. The number of halogens is 4. The first-order chi connectivity index (χ1) is 28.5. The van der Waals surface area contributed by atoms with Gasteiger partial charge in [0.25, 0.3) is 11.8 Å². The maximum absolute atomic E-state index is 16.4. The average molecular weight is 885 g/mol. The lowest BCUT2D eigenvalue weighted by Crippen LogP contribution is -2.61. The summed E-state index contributed by atoms with van der Waals surface area (Å²) in [5.41, 5.74) is -3.86. The highest BCUT2D eigenvalue weighted by Gasteiger charge is 2.68. The number of rotatable bonds is 9. The Labute approximate surface area is 352 Å². The molecule has 0 spiro atoms. The van der Waals surface area contributed by atoms with Crippen molar-refractivity contribution in [3.8, 4) is 11.6 Å². The van der Waals surface area contributed by atoms with Crippen LogP contribution in [0.3, 0.4) is 0 Å². The normalized spacial score (nSPS) is 29.3. The minimum Gasteiger partial charge on any atom is -0.497 e. The summed E-state index contributed by atoms with van der Waals surface area (Å²) in [6, 6.07) is 1.56. The SMILES string of the molecule is CCC[C@@H]1[C@@H]2CN(C(=O)[C@H](C(C)(C)C)NC(=O)OC(C)CCCCCC(F)(F)c3nc4ccc(OC)cc4nc3O2)[C@@H]1C(=O)N[C@]1(C(=O)NS(=O)(=O)C2(C)CC2)C[C@H]1C(F)F. The van der Waals surface area contributed by atoms with Gasteiger partial charge in [-0.3, -0.25) is 19.1 Å². The fourth-order valence-corrected chi connectivity index (χ4v) is 9.57. The van der Waals surface area contributed by atoms with E-state index in [1.807, 2.05) is 4.72 Å². The van der Waals surface area contributed by atoms with E-state index in [2.05, 4.69) is 20.6 Å². The largest absolute Gasteiger partial charge is 0.497 e. The highest BCUT2D eigenvalue weighted by molar-refractivity contribution is 7.91. The molecule has 20 heteroatoms. The van der Waals surface area contributed by atoms with Gasteiger partial charge in [0.15, 0.2) is 5.69 Å². The topological polar surface area (TPSA) is 195 Å². The van der Waals surface area contributed by atoms with Crippen LogP contribution in [0.25, 0.3) is 11.0 Å². The van der Waals surface area contributed by atoms with Crippen molar-refractivity contribution in [2.24, 2.45) is 17.3 Å². The molecule has 4 aliphatic rings. The number of hydrogen-bond donors (Lipinski definition) is 3. The van der Waals surface area contributed by atoms with Crippen molar-refractivity contribution < 1.29 is 59.4 Å². The Balaban J connectivity index is 1.46. The number of ether oxygens (including phenoxy) is 3. The van der Waals surface area contributed by atoms with Gasteiger partial charge in [0.2, 0.25) is 34.1 Å². The minimum atomic E-state index is -4.32. The number of carbonyl (C=O) groups is 4. The number of nitrogens with one attached hydrogen (secondary N) is 3. The third kappa shape index (κ3) is 9.48. The highest BCUT2D eigenvalue weighted by Crippen LogP contribution is 2.50. The Hall–Kier alpha value is -4.49. The van der Waals surface area contributed by atoms with E-state index in [0.29, 0.717) is 31.4 Å². The van der Waals surface area contributed by atoms with Crippen LogP contribution in [0.2, 0.25) is 0 Å². The summed E-state index contributed by atoms with van der Waals surface area (Å²) < 4.78 is 106. The molecule has 1 unspecified atom stereocenters. The second-order valence-corrected chi connectivity index (χ2v) is 20.4. The molecule has 6 rings (SSSR count). The number of sulfonamides is 1. The number of nitrogens with zero attached hydrogens (tertiary/aromatic N) is 3. The zero-order valence-corrected chi connectivity index (χ0v) is 36.3. The van der Waals surface area contributed by atoms with Crippen LogP contribution in [0.1, 0.15) is 111 Å². The number of cyclic esters (lactones) is 1. The van der Waals surface area contributed by atoms with Crippen LogP contribution in [-0.4, -0.2) is 102 Å². The summed E-state index contributed by atoms with van der Waals surface area (Å²) in [7, 11) is -2.90. The summed E-state index contributed by atoms with van der Waals surface area (Å²) in [6.07, 6.45) is -5.04. The van der Waals surface area contributed by atoms with Crippen LogP contribution in [0.4, 0.5) is 22.4 Å². The van der Waals surface area contributed by atoms with Crippen molar-refractivity contribution >= 4 is 44.9 Å². The number of fused-ring (bicyclic) bond motifs is 4. The summed E-state index contributed by atoms with van der Waals surface area (Å²) in [4.78, 5) is 66.6. The molecule has 61 heavy (non-hydrogen) atoms. The van der Waals surface area contributed by atoms with Gasteiger partial charge in [0.1, 0.15) is 35.6 Å². The Morgan fingerprint density at radius 3 is 2.38 bits per heavy atom. The van der Waals surface area contributed by atoms with Gasteiger partial charge in [-0.15, -0.1) is 0 Å². The molecule has 3 fully saturated rings. The molecule has 7 atom stereocenters. The number of aromatic nitrogens is 2. The standard InChI is InChI=1S/C41H56F4N6O9S/c1-8-12-24-28-21-51(29(24)33(52)49-40(20-25(40)32(42)43)36(54)50-61(56,57)39(6)17-18-39)35(53)31(38(3,4)5)48-37(55)59-22(2)13-10-9-11-16-41(44,45)30-34(60-28)47-27-19-23(58-7)14-15-26(27)46-30/h14-15,19,22,24-25,28-29,31-32H,8-13,16-18,20-21H2,1-7H3,(H,48,55)(H,49,52)(H,50,54)/t22?,24-,25+,28+,29+,31-,40-/m1/s1. The fraction of sp³-hybridized carbons (Fsp3) is 0.707. The number of hydrogen-bond acceptors (Lipinski definition) is 11. The zero-order chi connectivity index (χ0) is 44.9. The van der Waals surface area contributed by atoms with Gasteiger partial charge in [0, 0.05) is 18.4 Å². The molecule has 4 amide bonds. The number of alkyl halides is 4. The predicted octanol–water partition coefficient (Wildman–Crippen LogP) is 5.74. The molecule has 2 aromatic rings. The molecule has 1 saturated heterocycles. The molecule has 2 aliphatic heterocycles. The molecule has 1 aromatic carbocycles. The molecule has 2 saturated carbocycles. The first-order valence-corrected chi connectivity index (χ1v) is 22.3. The molecular formula is C41H56F4N6O9S. The first-order valence-electron chi connectivity index (χ1n) is 20.8. The maximum Gasteiger partial charge on any atom is 0.408 e. The quantitative estimate of drug-likeness (QED) is 0.260. The van der Waals surface area contributed by atoms with Crippen LogP contribution in [0, 0.1) is 17.3 Å². The summed E-state index contributed by atoms with van der Waals surface area (Å²) in [5, 5.41) is 5.07. The lowest BCUT2D eigenvalue weighted by molar-refractivity contribution is -0.144. The Morgan fingerprint density at radius 1 is 1.07 bits per heavy atom. The second-order valence-electron chi connectivity index (χ2n) is 18.2. The fourth-order valence-electron chi connectivity index (χ4n) is 8.26. The first kappa shape index (κ1) is 46.0. The van der Waals surface area contributed by atoms with E-state index < -0.39 is 129 Å². The van der Waals surface area contributed by atoms with Gasteiger partial charge in [-0.25, -0.2) is 32.0 Å². The number of benzene rings is 1. The van der Waals surface area contributed by atoms with E-state index in [0.717, 1.165) is 4.90 Å². The van der Waals surface area contributed by atoms with Crippen molar-refractivity contribution in [3.63, 3.8) is 0 Å². The van der Waals surface area contributed by atoms with E-state index in [1.54, 1.807) is 40.7 Å². The molecule has 2 aliphatic carbocycles. The Bertz CT molecular complexity index is 2140. The van der Waals surface area contributed by atoms with Crippen molar-refractivity contribution in [2.75, 3.05) is 13.7 Å². The van der Waals surface area contributed by atoms with Crippen LogP contribution in [0.5, 0.6) is 11.6 Å². The van der Waals surface area contributed by atoms with Crippen LogP contribution in [-0.2, 0) is 35.1 Å². The third-order valence-corrected chi connectivity index (χ3v) is 14.6. The lowest BCUT2D eigenvalue weighted by Gasteiger charge is -2.36. The zero-order valence-electron chi connectivity index (χ0n) is 35.5. The van der Waals surface area contributed by atoms with E-state index >= 15 is 8.78 Å². The van der Waals surface area contributed by atoms with Crippen molar-refractivity contribution in [3.05, 3.63) is 23.9 Å². The highest BCUT2D eigenvalue weighted by atomic mass is 32.2. The lowest BCUT2D eigenvalue weighted by atomic mass is 9.85. The average Bonchev–Trinajstić information content (AvgIpc) is 4.08. The van der Waals surface area contributed by atoms with E-state index in [1.165, 1.54) is 26.2 Å². The van der Waals surface area contributed by atoms with Gasteiger partial charge >= 0.3 is 6.09 Å². The third-order valence-electron chi connectivity index (χ3n) is 12.4. The molecule has 3 N–H and O–H groups in total. The van der Waals surface area contributed by atoms with E-state index in [4.69, 9.17) is 14.2 Å². The van der Waals surface area contributed by atoms with Gasteiger partial charge in [0.05, 0.1) is 35.4 Å². The van der Waals surface area contributed by atoms with Gasteiger partial charge < -0.3 is 29.7 Å². The number of carbonyl (C=O) groups excluding carboxylic acids is 4. The van der Waals surface area contributed by atoms with Crippen LogP contribution in [0.15, 0.2) is 18.2 Å². The van der Waals surface area contributed by atoms with Gasteiger partial charge in [-0.05, 0) is 76.3 Å². The number of alkyl carbamates (subject to hydrolysis) is 1. The van der Waals surface area contributed by atoms with Gasteiger partial charge in [-0.2, -0.15) is 8.78 Å². The number of amides is 4. The van der Waals surface area contributed by atoms with Crippen molar-refractivity contribution in [1.29, 1.82) is 0 Å².